The molecule has 0 bridgehead atoms. The number of hydrogen-bond acceptors (Lipinski definition) is 6. The molecule has 1 aliphatic heterocycles. The second-order valence-corrected chi connectivity index (χ2v) is 7.02. The van der Waals surface area contributed by atoms with E-state index in [-0.39, 0.29) is 18.1 Å². The van der Waals surface area contributed by atoms with Crippen LogP contribution in [0.1, 0.15) is 29.6 Å². The van der Waals surface area contributed by atoms with Crippen LogP contribution in [0.15, 0.2) is 30.6 Å². The van der Waals surface area contributed by atoms with Crippen LogP contribution in [0.25, 0.3) is 0 Å². The number of nitrogens with one attached hydrogen (secondary N) is 1. The van der Waals surface area contributed by atoms with Gasteiger partial charge < -0.3 is 20.7 Å². The number of aromatic nitrogens is 3. The zero-order valence-corrected chi connectivity index (χ0v) is 14.8. The van der Waals surface area contributed by atoms with E-state index in [4.69, 9.17) is 10.5 Å². The van der Waals surface area contributed by atoms with Gasteiger partial charge in [0.25, 0.3) is 5.91 Å². The fourth-order valence-electron chi connectivity index (χ4n) is 3.37. The molecular weight excluding hydrogens is 332 g/mol. The van der Waals surface area contributed by atoms with Crippen LogP contribution in [0.4, 0.5) is 11.6 Å². The van der Waals surface area contributed by atoms with Gasteiger partial charge in [0, 0.05) is 32.1 Å². The summed E-state index contributed by atoms with van der Waals surface area (Å²) >= 11 is 0. The van der Waals surface area contributed by atoms with Gasteiger partial charge in [-0.25, -0.2) is 4.98 Å². The van der Waals surface area contributed by atoms with Gasteiger partial charge >= 0.3 is 0 Å². The van der Waals surface area contributed by atoms with Crippen molar-refractivity contribution in [2.45, 2.75) is 44.0 Å². The highest BCUT2D eigenvalue weighted by atomic mass is 16.5. The summed E-state index contributed by atoms with van der Waals surface area (Å²) < 4.78 is 7.27. The molecule has 0 unspecified atom stereocenters. The second kappa shape index (κ2) is 6.95. The second-order valence-electron chi connectivity index (χ2n) is 7.02. The molecule has 26 heavy (non-hydrogen) atoms. The van der Waals surface area contributed by atoms with Crippen molar-refractivity contribution in [1.82, 2.24) is 19.7 Å². The van der Waals surface area contributed by atoms with Gasteiger partial charge in [-0.1, -0.05) is 0 Å². The number of carbonyl (C=O) groups is 1. The Hall–Kier alpha value is -2.61. The van der Waals surface area contributed by atoms with Crippen molar-refractivity contribution in [3.63, 3.8) is 0 Å². The fourth-order valence-corrected chi connectivity index (χ4v) is 3.37. The van der Waals surface area contributed by atoms with E-state index in [0.717, 1.165) is 12.2 Å². The minimum Gasteiger partial charge on any atom is -0.382 e. The van der Waals surface area contributed by atoms with Crippen LogP contribution in [-0.4, -0.2) is 57.4 Å². The first-order chi connectivity index (χ1) is 12.6. The van der Waals surface area contributed by atoms with Crippen molar-refractivity contribution >= 4 is 17.5 Å². The predicted octanol–water partition coefficient (Wildman–Crippen LogP) is 1.36. The Labute approximate surface area is 152 Å². The number of rotatable bonds is 6. The first-order valence-electron chi connectivity index (χ1n) is 8.97. The lowest BCUT2D eigenvalue weighted by atomic mass is 10.2. The van der Waals surface area contributed by atoms with Crippen molar-refractivity contribution in [2.75, 3.05) is 24.7 Å². The number of anilines is 2. The maximum absolute atomic E-state index is 13.0. The average molecular weight is 356 g/mol. The summed E-state index contributed by atoms with van der Waals surface area (Å²) in [6, 6.07) is 6.01. The van der Waals surface area contributed by atoms with E-state index in [9.17, 15) is 4.79 Å². The molecule has 2 aliphatic rings. The molecule has 3 N–H and O–H groups in total. The Morgan fingerprint density at radius 1 is 1.38 bits per heavy atom. The number of nitrogens with zero attached hydrogens (tertiary/aromatic N) is 4. The molecule has 2 fully saturated rings. The number of pyridine rings is 1. The van der Waals surface area contributed by atoms with E-state index in [1.165, 1.54) is 12.8 Å². The summed E-state index contributed by atoms with van der Waals surface area (Å²) in [6.45, 7) is 1.16. The minimum absolute atomic E-state index is 0.0102. The first-order valence-corrected chi connectivity index (χ1v) is 8.97. The van der Waals surface area contributed by atoms with Crippen LogP contribution < -0.4 is 11.1 Å². The quantitative estimate of drug-likeness (QED) is 0.811. The summed E-state index contributed by atoms with van der Waals surface area (Å²) in [5, 5.41) is 7.56. The van der Waals surface area contributed by atoms with Crippen LogP contribution in [-0.2, 0) is 11.3 Å². The smallest absolute Gasteiger partial charge is 0.255 e. The number of hydrogen-bond donors (Lipinski definition) is 2. The minimum atomic E-state index is -0.0276. The lowest BCUT2D eigenvalue weighted by Gasteiger charge is -2.24. The highest BCUT2D eigenvalue weighted by Crippen LogP contribution is 2.25. The van der Waals surface area contributed by atoms with Gasteiger partial charge in [0.15, 0.2) is 0 Å². The number of likely N-dealkylation sites (tertiary alicyclic amines) is 1. The van der Waals surface area contributed by atoms with Crippen molar-refractivity contribution in [3.8, 4) is 0 Å². The number of methoxy groups -OCH3 is 1. The third kappa shape index (κ3) is 3.65. The molecule has 2 atom stereocenters. The molecule has 8 heteroatoms. The molecule has 2 aromatic heterocycles. The highest BCUT2D eigenvalue weighted by Gasteiger charge is 2.36. The molecule has 4 rings (SSSR count). The van der Waals surface area contributed by atoms with Crippen LogP contribution in [0.5, 0.6) is 0 Å². The maximum atomic E-state index is 13.0. The SMILES string of the molecule is CO[C@@H]1C[C@@H](Cn2ccc(N)n2)N(C(=O)c2ccc(NC3CC3)nc2)C1. The molecule has 3 heterocycles. The summed E-state index contributed by atoms with van der Waals surface area (Å²) in [6.07, 6.45) is 6.66. The van der Waals surface area contributed by atoms with E-state index in [1.807, 2.05) is 23.2 Å². The van der Waals surface area contributed by atoms with Crippen molar-refractivity contribution in [3.05, 3.63) is 36.2 Å². The fraction of sp³-hybridized carbons (Fsp3) is 0.500. The Morgan fingerprint density at radius 3 is 2.85 bits per heavy atom. The average Bonchev–Trinajstić information content (AvgIpc) is 3.22. The van der Waals surface area contributed by atoms with Crippen LogP contribution in [0.2, 0.25) is 0 Å². The zero-order valence-electron chi connectivity index (χ0n) is 14.8. The summed E-state index contributed by atoms with van der Waals surface area (Å²) in [5.74, 6) is 1.27. The van der Waals surface area contributed by atoms with Gasteiger partial charge in [-0.2, -0.15) is 5.10 Å². The Balaban J connectivity index is 1.47. The topological polar surface area (TPSA) is 98.3 Å². The third-order valence-corrected chi connectivity index (χ3v) is 4.97. The number of nitrogens with two attached hydrogens (primary N) is 1. The van der Waals surface area contributed by atoms with Gasteiger partial charge in [0.1, 0.15) is 11.6 Å². The number of amides is 1. The molecule has 1 aliphatic carbocycles. The molecule has 8 nitrogen and oxygen atoms in total. The number of carbonyl (C=O) groups excluding carboxylic acids is 1. The Kier molecular flexibility index (Phi) is 4.50. The molecule has 0 aromatic carbocycles. The van der Waals surface area contributed by atoms with Crippen LogP contribution >= 0.6 is 0 Å². The van der Waals surface area contributed by atoms with Crippen LogP contribution in [0, 0.1) is 0 Å². The summed E-state index contributed by atoms with van der Waals surface area (Å²) in [4.78, 5) is 19.3. The molecule has 1 saturated carbocycles. The van der Waals surface area contributed by atoms with E-state index < -0.39 is 0 Å². The molecule has 138 valence electrons. The van der Waals surface area contributed by atoms with Gasteiger partial charge in [-0.15, -0.1) is 0 Å². The predicted molar refractivity (Wildman–Crippen MR) is 97.8 cm³/mol. The molecule has 0 spiro atoms. The maximum Gasteiger partial charge on any atom is 0.255 e. The van der Waals surface area contributed by atoms with Crippen molar-refractivity contribution in [2.24, 2.45) is 0 Å². The largest absolute Gasteiger partial charge is 0.382 e. The monoisotopic (exact) mass is 356 g/mol. The molecular formula is C18H24N6O2. The van der Waals surface area contributed by atoms with Crippen molar-refractivity contribution in [1.29, 1.82) is 0 Å². The normalized spacial score (nSPS) is 22.6. The Morgan fingerprint density at radius 2 is 2.23 bits per heavy atom. The van der Waals surface area contributed by atoms with Gasteiger partial charge in [-0.05, 0) is 37.5 Å². The van der Waals surface area contributed by atoms with Gasteiger partial charge in [-0.3, -0.25) is 9.48 Å². The van der Waals surface area contributed by atoms with Crippen molar-refractivity contribution < 1.29 is 9.53 Å². The van der Waals surface area contributed by atoms with E-state index in [0.29, 0.717) is 30.5 Å². The first kappa shape index (κ1) is 16.8. The van der Waals surface area contributed by atoms with E-state index in [1.54, 1.807) is 24.1 Å². The Bertz CT molecular complexity index is 770. The molecule has 1 amide bonds. The third-order valence-electron chi connectivity index (χ3n) is 4.97. The summed E-state index contributed by atoms with van der Waals surface area (Å²) in [7, 11) is 1.68. The summed E-state index contributed by atoms with van der Waals surface area (Å²) in [5.41, 5.74) is 6.28. The number of nitrogen functional groups attached to an aromatic ring is 1. The zero-order chi connectivity index (χ0) is 18.1. The van der Waals surface area contributed by atoms with E-state index in [2.05, 4.69) is 15.4 Å². The lowest BCUT2D eigenvalue weighted by molar-refractivity contribution is 0.0678. The number of ether oxygens (including phenoxy) is 1. The van der Waals surface area contributed by atoms with Gasteiger partial charge in [0.05, 0.1) is 24.3 Å². The van der Waals surface area contributed by atoms with Crippen LogP contribution in [0.3, 0.4) is 0 Å². The highest BCUT2D eigenvalue weighted by molar-refractivity contribution is 5.94. The standard InChI is InChI=1S/C18H24N6O2/c1-26-15-8-14(10-23-7-6-16(19)22-23)24(11-15)18(25)12-2-5-17(20-9-12)21-13-3-4-13/h2,5-7,9,13-15H,3-4,8,10-11H2,1H3,(H2,19,22)(H,20,21)/t14-,15+/m0/s1. The lowest BCUT2D eigenvalue weighted by Crippen LogP contribution is -2.38. The van der Waals surface area contributed by atoms with Gasteiger partial charge in [0.2, 0.25) is 0 Å². The molecule has 1 saturated heterocycles. The molecule has 2 aromatic rings. The van der Waals surface area contributed by atoms with E-state index >= 15 is 0 Å². The molecule has 0 radical (unpaired) electrons.